The van der Waals surface area contributed by atoms with E-state index in [1.54, 1.807) is 7.11 Å². The van der Waals surface area contributed by atoms with Crippen molar-refractivity contribution in [1.29, 1.82) is 0 Å². The van der Waals surface area contributed by atoms with Gasteiger partial charge in [-0.2, -0.15) is 0 Å². The Balaban J connectivity index is 2.74. The summed E-state index contributed by atoms with van der Waals surface area (Å²) < 4.78 is 5.38. The van der Waals surface area contributed by atoms with Gasteiger partial charge in [-0.1, -0.05) is 6.92 Å². The van der Waals surface area contributed by atoms with Crippen LogP contribution in [0.3, 0.4) is 0 Å². The Hall–Kier alpha value is -1.31. The average Bonchev–Trinajstić information content (AvgIpc) is 2.38. The summed E-state index contributed by atoms with van der Waals surface area (Å²) in [6.45, 7) is 8.42. The Morgan fingerprint density at radius 1 is 1.16 bits per heavy atom. The number of ether oxygens (including phenoxy) is 1. The van der Waals surface area contributed by atoms with Crippen LogP contribution in [0.15, 0.2) is 6.07 Å². The first-order chi connectivity index (χ1) is 9.01. The minimum absolute atomic E-state index is 0.392. The van der Waals surface area contributed by atoms with Crippen molar-refractivity contribution in [3.8, 4) is 5.75 Å². The summed E-state index contributed by atoms with van der Waals surface area (Å²) in [5, 5.41) is 0. The Morgan fingerprint density at radius 2 is 1.84 bits per heavy atom. The highest BCUT2D eigenvalue weighted by atomic mass is 16.5. The minimum Gasteiger partial charge on any atom is -0.496 e. The molecule has 0 radical (unpaired) electrons. The van der Waals surface area contributed by atoms with Crippen LogP contribution in [0.2, 0.25) is 0 Å². The second kappa shape index (κ2) is 7.32. The molecule has 0 spiro atoms. The van der Waals surface area contributed by atoms with Crippen molar-refractivity contribution in [2.45, 2.75) is 59.8 Å². The first-order valence-electron chi connectivity index (χ1n) is 7.16. The predicted octanol–water partition coefficient (Wildman–Crippen LogP) is 4.31. The molecular weight excluding hydrogens is 236 g/mol. The van der Waals surface area contributed by atoms with Crippen LogP contribution in [0.4, 0.5) is 0 Å². The molecule has 0 aromatic heterocycles. The standard InChI is InChI=1S/C17H26O2/c1-6-8-15(18)9-7-10-16-12(2)11-17(19-5)14(4)13(16)3/h11H,6-10H2,1-5H3. The fourth-order valence-electron chi connectivity index (χ4n) is 2.56. The van der Waals surface area contributed by atoms with Gasteiger partial charge in [0.1, 0.15) is 11.5 Å². The Kier molecular flexibility index (Phi) is 6.07. The topological polar surface area (TPSA) is 26.3 Å². The SMILES string of the molecule is CCCC(=O)CCCc1c(C)cc(OC)c(C)c1C. The number of benzene rings is 1. The Labute approximate surface area is 117 Å². The molecule has 106 valence electrons. The smallest absolute Gasteiger partial charge is 0.132 e. The highest BCUT2D eigenvalue weighted by molar-refractivity contribution is 5.78. The van der Waals surface area contributed by atoms with Crippen molar-refractivity contribution in [2.75, 3.05) is 7.11 Å². The number of ketones is 1. The van der Waals surface area contributed by atoms with E-state index in [0.717, 1.165) is 31.4 Å². The molecule has 1 aromatic rings. The zero-order valence-electron chi connectivity index (χ0n) is 12.9. The summed E-state index contributed by atoms with van der Waals surface area (Å²) in [5.41, 5.74) is 5.16. The molecule has 0 N–H and O–H groups in total. The maximum Gasteiger partial charge on any atom is 0.132 e. The fraction of sp³-hybridized carbons (Fsp3) is 0.588. The molecule has 0 aliphatic rings. The van der Waals surface area contributed by atoms with Gasteiger partial charge in [0.25, 0.3) is 0 Å². The number of hydrogen-bond donors (Lipinski definition) is 0. The van der Waals surface area contributed by atoms with Gasteiger partial charge in [0.05, 0.1) is 7.11 Å². The van der Waals surface area contributed by atoms with Crippen LogP contribution in [0, 0.1) is 20.8 Å². The van der Waals surface area contributed by atoms with Gasteiger partial charge in [-0.05, 0) is 68.4 Å². The van der Waals surface area contributed by atoms with Crippen LogP contribution in [0.5, 0.6) is 5.75 Å². The summed E-state index contributed by atoms with van der Waals surface area (Å²) in [7, 11) is 1.71. The molecule has 0 atom stereocenters. The average molecular weight is 262 g/mol. The van der Waals surface area contributed by atoms with Gasteiger partial charge < -0.3 is 4.74 Å². The lowest BCUT2D eigenvalue weighted by Gasteiger charge is -2.15. The number of carbonyl (C=O) groups is 1. The molecule has 0 saturated carbocycles. The maximum atomic E-state index is 11.6. The number of Topliss-reactive ketones (excluding diaryl/α,β-unsaturated/α-hetero) is 1. The molecule has 2 heteroatoms. The number of aryl methyl sites for hydroxylation is 1. The second-order valence-electron chi connectivity index (χ2n) is 5.27. The van der Waals surface area contributed by atoms with Crippen molar-refractivity contribution < 1.29 is 9.53 Å². The molecule has 0 heterocycles. The van der Waals surface area contributed by atoms with Gasteiger partial charge in [-0.15, -0.1) is 0 Å². The number of carbonyl (C=O) groups excluding carboxylic acids is 1. The lowest BCUT2D eigenvalue weighted by Crippen LogP contribution is -2.02. The van der Waals surface area contributed by atoms with Crippen LogP contribution in [-0.2, 0) is 11.2 Å². The Morgan fingerprint density at radius 3 is 2.42 bits per heavy atom. The molecule has 19 heavy (non-hydrogen) atoms. The summed E-state index contributed by atoms with van der Waals surface area (Å²) >= 11 is 0. The summed E-state index contributed by atoms with van der Waals surface area (Å²) in [6.07, 6.45) is 4.32. The van der Waals surface area contributed by atoms with E-state index in [4.69, 9.17) is 4.74 Å². The molecule has 0 amide bonds. The van der Waals surface area contributed by atoms with E-state index in [9.17, 15) is 4.79 Å². The molecule has 0 saturated heterocycles. The second-order valence-corrected chi connectivity index (χ2v) is 5.27. The summed E-state index contributed by atoms with van der Waals surface area (Å²) in [4.78, 5) is 11.6. The zero-order valence-corrected chi connectivity index (χ0v) is 12.9. The van der Waals surface area contributed by atoms with Crippen LogP contribution in [0.25, 0.3) is 0 Å². The lowest BCUT2D eigenvalue weighted by molar-refractivity contribution is -0.119. The van der Waals surface area contributed by atoms with Gasteiger partial charge in [-0.3, -0.25) is 4.79 Å². The molecule has 0 aliphatic heterocycles. The molecule has 0 bridgehead atoms. The summed E-state index contributed by atoms with van der Waals surface area (Å²) in [6, 6.07) is 2.10. The molecule has 0 fully saturated rings. The van der Waals surface area contributed by atoms with Gasteiger partial charge in [0.15, 0.2) is 0 Å². The quantitative estimate of drug-likeness (QED) is 0.732. The van der Waals surface area contributed by atoms with E-state index < -0.39 is 0 Å². The van der Waals surface area contributed by atoms with Crippen molar-refractivity contribution in [3.63, 3.8) is 0 Å². The van der Waals surface area contributed by atoms with Crippen molar-refractivity contribution in [3.05, 3.63) is 28.3 Å². The van der Waals surface area contributed by atoms with Crippen LogP contribution < -0.4 is 4.74 Å². The number of rotatable bonds is 7. The van der Waals surface area contributed by atoms with Crippen molar-refractivity contribution >= 4 is 5.78 Å². The van der Waals surface area contributed by atoms with Gasteiger partial charge >= 0.3 is 0 Å². The monoisotopic (exact) mass is 262 g/mol. The van der Waals surface area contributed by atoms with Crippen molar-refractivity contribution in [2.24, 2.45) is 0 Å². The highest BCUT2D eigenvalue weighted by Gasteiger charge is 2.11. The maximum absolute atomic E-state index is 11.6. The van der Waals surface area contributed by atoms with E-state index in [1.165, 1.54) is 22.3 Å². The normalized spacial score (nSPS) is 10.6. The molecule has 2 nitrogen and oxygen atoms in total. The van der Waals surface area contributed by atoms with E-state index in [2.05, 4.69) is 33.8 Å². The molecule has 1 rings (SSSR count). The number of methoxy groups -OCH3 is 1. The van der Waals surface area contributed by atoms with E-state index in [-0.39, 0.29) is 0 Å². The lowest BCUT2D eigenvalue weighted by atomic mass is 9.93. The largest absolute Gasteiger partial charge is 0.496 e. The van der Waals surface area contributed by atoms with Crippen molar-refractivity contribution in [1.82, 2.24) is 0 Å². The predicted molar refractivity (Wildman–Crippen MR) is 80.1 cm³/mol. The Bertz CT molecular complexity index is 447. The van der Waals surface area contributed by atoms with Crippen LogP contribution >= 0.6 is 0 Å². The molecule has 1 aromatic carbocycles. The third-order valence-electron chi connectivity index (χ3n) is 3.84. The van der Waals surface area contributed by atoms with Gasteiger partial charge in [0, 0.05) is 12.8 Å². The van der Waals surface area contributed by atoms with E-state index >= 15 is 0 Å². The van der Waals surface area contributed by atoms with E-state index in [0.29, 0.717) is 12.2 Å². The fourth-order valence-corrected chi connectivity index (χ4v) is 2.56. The van der Waals surface area contributed by atoms with Gasteiger partial charge in [0.2, 0.25) is 0 Å². The first kappa shape index (κ1) is 15.7. The van der Waals surface area contributed by atoms with Crippen LogP contribution in [-0.4, -0.2) is 12.9 Å². The first-order valence-corrected chi connectivity index (χ1v) is 7.16. The molecule has 0 aliphatic carbocycles. The highest BCUT2D eigenvalue weighted by Crippen LogP contribution is 2.28. The number of hydrogen-bond acceptors (Lipinski definition) is 2. The molecule has 0 unspecified atom stereocenters. The third kappa shape index (κ3) is 4.09. The van der Waals surface area contributed by atoms with E-state index in [1.807, 2.05) is 0 Å². The van der Waals surface area contributed by atoms with Gasteiger partial charge in [-0.25, -0.2) is 0 Å². The third-order valence-corrected chi connectivity index (χ3v) is 3.84. The van der Waals surface area contributed by atoms with Crippen LogP contribution in [0.1, 0.15) is 54.9 Å². The summed E-state index contributed by atoms with van der Waals surface area (Å²) in [5.74, 6) is 1.35. The zero-order chi connectivity index (χ0) is 14.4. The minimum atomic E-state index is 0.392. The molecular formula is C17H26O2.